The summed E-state index contributed by atoms with van der Waals surface area (Å²) in [5.41, 5.74) is 2.05. The molecule has 0 bridgehead atoms. The highest BCUT2D eigenvalue weighted by atomic mass is 35.5. The van der Waals surface area contributed by atoms with Gasteiger partial charge in [-0.25, -0.2) is 0 Å². The lowest BCUT2D eigenvalue weighted by Gasteiger charge is -2.32. The summed E-state index contributed by atoms with van der Waals surface area (Å²) in [4.78, 5) is 28.4. The normalized spacial score (nSPS) is 14.9. The van der Waals surface area contributed by atoms with Crippen molar-refractivity contribution < 1.29 is 14.3 Å². The Labute approximate surface area is 212 Å². The Hall–Kier alpha value is -2.18. The van der Waals surface area contributed by atoms with E-state index in [0.29, 0.717) is 29.5 Å². The molecule has 1 saturated carbocycles. The Balaban J connectivity index is 1.70. The molecule has 0 radical (unpaired) electrons. The van der Waals surface area contributed by atoms with E-state index >= 15 is 0 Å². The van der Waals surface area contributed by atoms with Crippen LogP contribution in [0.5, 0.6) is 5.75 Å². The molecule has 0 saturated heterocycles. The van der Waals surface area contributed by atoms with E-state index in [1.165, 1.54) is 6.42 Å². The van der Waals surface area contributed by atoms with Crippen LogP contribution in [0.25, 0.3) is 0 Å². The van der Waals surface area contributed by atoms with Gasteiger partial charge in [-0.1, -0.05) is 62.1 Å². The second kappa shape index (κ2) is 13.6. The lowest BCUT2D eigenvalue weighted by Crippen LogP contribution is -2.52. The van der Waals surface area contributed by atoms with Crippen molar-refractivity contribution in [1.82, 2.24) is 10.2 Å². The van der Waals surface area contributed by atoms with E-state index in [2.05, 4.69) is 5.32 Å². The van der Waals surface area contributed by atoms with Crippen LogP contribution in [-0.2, 0) is 21.9 Å². The number of methoxy groups -OCH3 is 1. The number of thioether (sulfide) groups is 1. The quantitative estimate of drug-likeness (QED) is 0.419. The molecule has 7 heteroatoms. The molecular weight excluding hydrogens is 468 g/mol. The van der Waals surface area contributed by atoms with Crippen LogP contribution in [0.15, 0.2) is 48.5 Å². The van der Waals surface area contributed by atoms with Crippen molar-refractivity contribution >= 4 is 35.2 Å². The summed E-state index contributed by atoms with van der Waals surface area (Å²) in [5.74, 6) is 1.68. The largest absolute Gasteiger partial charge is 0.497 e. The van der Waals surface area contributed by atoms with E-state index in [-0.39, 0.29) is 17.9 Å². The average molecular weight is 503 g/mol. The third-order valence-corrected chi connectivity index (χ3v) is 7.46. The van der Waals surface area contributed by atoms with Gasteiger partial charge in [0.1, 0.15) is 11.8 Å². The molecule has 1 aliphatic carbocycles. The van der Waals surface area contributed by atoms with Gasteiger partial charge in [0, 0.05) is 23.4 Å². The third kappa shape index (κ3) is 7.95. The first kappa shape index (κ1) is 26.4. The summed E-state index contributed by atoms with van der Waals surface area (Å²) in [6.45, 7) is 2.36. The SMILES string of the molecule is CC[C@@H](C(=O)NC1CCCCC1)N(Cc1ccc(OC)cc1)C(=O)CSCc1cccc(Cl)c1. The predicted octanol–water partition coefficient (Wildman–Crippen LogP) is 5.84. The Morgan fingerprint density at radius 1 is 1.12 bits per heavy atom. The van der Waals surface area contributed by atoms with E-state index in [0.717, 1.165) is 42.6 Å². The maximum atomic E-state index is 13.4. The predicted molar refractivity (Wildman–Crippen MR) is 140 cm³/mol. The number of nitrogens with one attached hydrogen (secondary N) is 1. The van der Waals surface area contributed by atoms with Gasteiger partial charge in [-0.2, -0.15) is 0 Å². The highest BCUT2D eigenvalue weighted by molar-refractivity contribution is 7.99. The first-order valence-corrected chi connectivity index (χ1v) is 13.6. The molecule has 184 valence electrons. The molecule has 2 amide bonds. The number of hydrogen-bond donors (Lipinski definition) is 1. The summed E-state index contributed by atoms with van der Waals surface area (Å²) >= 11 is 7.63. The van der Waals surface area contributed by atoms with Gasteiger partial charge in [-0.15, -0.1) is 11.8 Å². The van der Waals surface area contributed by atoms with Crippen LogP contribution in [-0.4, -0.2) is 41.7 Å². The fourth-order valence-electron chi connectivity index (χ4n) is 4.36. The van der Waals surface area contributed by atoms with Gasteiger partial charge in [0.2, 0.25) is 11.8 Å². The minimum absolute atomic E-state index is 0.0338. The van der Waals surface area contributed by atoms with Crippen LogP contribution in [0.4, 0.5) is 0 Å². The van der Waals surface area contributed by atoms with Crippen molar-refractivity contribution in [3.05, 3.63) is 64.7 Å². The summed E-state index contributed by atoms with van der Waals surface area (Å²) in [7, 11) is 1.63. The first-order valence-electron chi connectivity index (χ1n) is 12.0. The minimum Gasteiger partial charge on any atom is -0.497 e. The zero-order valence-corrected chi connectivity index (χ0v) is 21.7. The Kier molecular flexibility index (Phi) is 10.6. The zero-order valence-electron chi connectivity index (χ0n) is 20.1. The van der Waals surface area contributed by atoms with Crippen LogP contribution >= 0.6 is 23.4 Å². The van der Waals surface area contributed by atoms with Gasteiger partial charge < -0.3 is 15.0 Å². The molecule has 1 atom stereocenters. The van der Waals surface area contributed by atoms with Crippen LogP contribution in [0, 0.1) is 0 Å². The van der Waals surface area contributed by atoms with Crippen molar-refractivity contribution in [2.75, 3.05) is 12.9 Å². The van der Waals surface area contributed by atoms with Crippen LogP contribution < -0.4 is 10.1 Å². The fourth-order valence-corrected chi connectivity index (χ4v) is 5.43. The summed E-state index contributed by atoms with van der Waals surface area (Å²) in [6, 6.07) is 15.1. The van der Waals surface area contributed by atoms with Gasteiger partial charge in [0.25, 0.3) is 0 Å². The number of carbonyl (C=O) groups excluding carboxylic acids is 2. The molecule has 3 rings (SSSR count). The van der Waals surface area contributed by atoms with E-state index in [4.69, 9.17) is 16.3 Å². The summed E-state index contributed by atoms with van der Waals surface area (Å²) in [6.07, 6.45) is 6.13. The van der Waals surface area contributed by atoms with Gasteiger partial charge in [0.15, 0.2) is 0 Å². The molecule has 1 N–H and O–H groups in total. The van der Waals surface area contributed by atoms with Crippen LogP contribution in [0.1, 0.15) is 56.6 Å². The molecule has 0 spiro atoms. The van der Waals surface area contributed by atoms with Gasteiger partial charge in [0.05, 0.1) is 12.9 Å². The molecule has 1 aliphatic rings. The zero-order chi connectivity index (χ0) is 24.3. The summed E-state index contributed by atoms with van der Waals surface area (Å²) in [5, 5.41) is 3.91. The molecular formula is C27H35ClN2O3S. The standard InChI is InChI=1S/C27H35ClN2O3S/c1-3-25(27(32)29-23-10-5-4-6-11-23)30(17-20-12-14-24(33-2)15-13-20)26(31)19-34-18-21-8-7-9-22(28)16-21/h7-9,12-16,23,25H,3-6,10-11,17-19H2,1-2H3,(H,29,32)/t25-/m0/s1. The molecule has 2 aromatic rings. The van der Waals surface area contributed by atoms with E-state index in [1.807, 2.05) is 55.5 Å². The molecule has 0 unspecified atom stereocenters. The van der Waals surface area contributed by atoms with Gasteiger partial charge in [-0.3, -0.25) is 9.59 Å². The minimum atomic E-state index is -0.497. The van der Waals surface area contributed by atoms with Crippen molar-refractivity contribution in [1.29, 1.82) is 0 Å². The Morgan fingerprint density at radius 2 is 1.85 bits per heavy atom. The molecule has 1 fully saturated rings. The first-order chi connectivity index (χ1) is 16.5. The fraction of sp³-hybridized carbons (Fsp3) is 0.481. The lowest BCUT2D eigenvalue weighted by molar-refractivity contribution is -0.139. The molecule has 5 nitrogen and oxygen atoms in total. The number of nitrogens with zero attached hydrogens (tertiary/aromatic N) is 1. The number of ether oxygens (including phenoxy) is 1. The monoisotopic (exact) mass is 502 g/mol. The van der Waals surface area contributed by atoms with Crippen molar-refractivity contribution in [2.45, 2.75) is 69.8 Å². The van der Waals surface area contributed by atoms with Crippen LogP contribution in [0.2, 0.25) is 5.02 Å². The van der Waals surface area contributed by atoms with Crippen molar-refractivity contribution in [3.63, 3.8) is 0 Å². The number of amides is 2. The number of halogens is 1. The molecule has 34 heavy (non-hydrogen) atoms. The maximum absolute atomic E-state index is 13.4. The Bertz CT molecular complexity index is 932. The Morgan fingerprint density at radius 3 is 2.50 bits per heavy atom. The maximum Gasteiger partial charge on any atom is 0.243 e. The van der Waals surface area contributed by atoms with Crippen molar-refractivity contribution in [2.24, 2.45) is 0 Å². The van der Waals surface area contributed by atoms with Crippen LogP contribution in [0.3, 0.4) is 0 Å². The molecule has 0 aromatic heterocycles. The topological polar surface area (TPSA) is 58.6 Å². The second-order valence-electron chi connectivity index (χ2n) is 8.76. The molecule has 2 aromatic carbocycles. The highest BCUT2D eigenvalue weighted by Crippen LogP contribution is 2.22. The lowest BCUT2D eigenvalue weighted by atomic mass is 9.95. The number of hydrogen-bond acceptors (Lipinski definition) is 4. The van der Waals surface area contributed by atoms with Crippen molar-refractivity contribution in [3.8, 4) is 5.75 Å². The van der Waals surface area contributed by atoms with E-state index in [9.17, 15) is 9.59 Å². The smallest absolute Gasteiger partial charge is 0.243 e. The molecule has 0 heterocycles. The van der Waals surface area contributed by atoms with Gasteiger partial charge >= 0.3 is 0 Å². The molecule has 0 aliphatic heterocycles. The van der Waals surface area contributed by atoms with E-state index in [1.54, 1.807) is 23.8 Å². The summed E-state index contributed by atoms with van der Waals surface area (Å²) < 4.78 is 5.26. The second-order valence-corrected chi connectivity index (χ2v) is 10.2. The third-order valence-electron chi connectivity index (χ3n) is 6.23. The average Bonchev–Trinajstić information content (AvgIpc) is 2.85. The van der Waals surface area contributed by atoms with Gasteiger partial charge in [-0.05, 0) is 54.7 Å². The highest BCUT2D eigenvalue weighted by Gasteiger charge is 2.30. The van der Waals surface area contributed by atoms with E-state index < -0.39 is 6.04 Å². The number of carbonyl (C=O) groups is 2. The number of rotatable bonds is 11. The number of benzene rings is 2.